The molecule has 0 aromatic heterocycles. The van der Waals surface area contributed by atoms with Crippen molar-refractivity contribution in [2.45, 2.75) is 12.5 Å². The SMILES string of the molecule is CNCCCN1CCOCC1C(=O)NC. The van der Waals surface area contributed by atoms with Crippen LogP contribution in [0.3, 0.4) is 0 Å². The zero-order chi connectivity index (χ0) is 11.1. The third kappa shape index (κ3) is 3.77. The summed E-state index contributed by atoms with van der Waals surface area (Å²) in [6.45, 7) is 4.02. The summed E-state index contributed by atoms with van der Waals surface area (Å²) in [5.74, 6) is 0.0548. The molecule has 1 rings (SSSR count). The van der Waals surface area contributed by atoms with E-state index in [9.17, 15) is 4.79 Å². The second kappa shape index (κ2) is 6.76. The Bertz CT molecular complexity index is 199. The average Bonchev–Trinajstić information content (AvgIpc) is 2.29. The van der Waals surface area contributed by atoms with Crippen LogP contribution in [0.25, 0.3) is 0 Å². The quantitative estimate of drug-likeness (QED) is 0.580. The van der Waals surface area contributed by atoms with Gasteiger partial charge in [-0.15, -0.1) is 0 Å². The Kier molecular flexibility index (Phi) is 5.60. The minimum atomic E-state index is -0.111. The van der Waals surface area contributed by atoms with Gasteiger partial charge < -0.3 is 15.4 Å². The van der Waals surface area contributed by atoms with Crippen LogP contribution < -0.4 is 10.6 Å². The van der Waals surface area contributed by atoms with Gasteiger partial charge in [0.25, 0.3) is 0 Å². The number of amides is 1. The largest absolute Gasteiger partial charge is 0.378 e. The molecule has 1 atom stereocenters. The van der Waals surface area contributed by atoms with Gasteiger partial charge in [0.2, 0.25) is 5.91 Å². The first-order chi connectivity index (χ1) is 7.29. The van der Waals surface area contributed by atoms with Gasteiger partial charge in [-0.3, -0.25) is 9.69 Å². The summed E-state index contributed by atoms with van der Waals surface area (Å²) in [6.07, 6.45) is 1.06. The summed E-state index contributed by atoms with van der Waals surface area (Å²) < 4.78 is 5.32. The third-order valence-electron chi connectivity index (χ3n) is 2.66. The Labute approximate surface area is 91.2 Å². The average molecular weight is 215 g/mol. The Morgan fingerprint density at radius 3 is 3.00 bits per heavy atom. The molecule has 2 N–H and O–H groups in total. The van der Waals surface area contributed by atoms with Crippen molar-refractivity contribution in [3.8, 4) is 0 Å². The maximum atomic E-state index is 11.6. The van der Waals surface area contributed by atoms with E-state index in [0.29, 0.717) is 6.61 Å². The Balaban J connectivity index is 2.39. The van der Waals surface area contributed by atoms with Crippen molar-refractivity contribution in [2.75, 3.05) is 46.9 Å². The Morgan fingerprint density at radius 1 is 1.53 bits per heavy atom. The van der Waals surface area contributed by atoms with Crippen molar-refractivity contribution in [2.24, 2.45) is 0 Å². The molecule has 1 fully saturated rings. The number of rotatable bonds is 5. The van der Waals surface area contributed by atoms with E-state index in [-0.39, 0.29) is 11.9 Å². The molecule has 0 aliphatic carbocycles. The number of morpholine rings is 1. The number of nitrogens with zero attached hydrogens (tertiary/aromatic N) is 1. The summed E-state index contributed by atoms with van der Waals surface area (Å²) in [4.78, 5) is 13.8. The van der Waals surface area contributed by atoms with Gasteiger partial charge in [0.1, 0.15) is 6.04 Å². The second-order valence-electron chi connectivity index (χ2n) is 3.70. The lowest BCUT2D eigenvalue weighted by Gasteiger charge is -2.34. The molecule has 1 saturated heterocycles. The van der Waals surface area contributed by atoms with Gasteiger partial charge in [-0.05, 0) is 20.0 Å². The Hall–Kier alpha value is -0.650. The molecule has 1 aliphatic heterocycles. The summed E-state index contributed by atoms with van der Waals surface area (Å²) in [6, 6.07) is -0.111. The normalized spacial score (nSPS) is 22.7. The van der Waals surface area contributed by atoms with Crippen LogP contribution in [-0.4, -0.2) is 63.8 Å². The van der Waals surface area contributed by atoms with E-state index in [1.807, 2.05) is 7.05 Å². The van der Waals surface area contributed by atoms with E-state index in [1.54, 1.807) is 7.05 Å². The molecule has 5 heteroatoms. The number of likely N-dealkylation sites (N-methyl/N-ethyl adjacent to an activating group) is 1. The predicted molar refractivity (Wildman–Crippen MR) is 58.8 cm³/mol. The lowest BCUT2D eigenvalue weighted by molar-refractivity contribution is -0.132. The minimum Gasteiger partial charge on any atom is -0.378 e. The van der Waals surface area contributed by atoms with Crippen LogP contribution in [0.2, 0.25) is 0 Å². The summed E-state index contributed by atoms with van der Waals surface area (Å²) in [5, 5.41) is 5.79. The molecule has 1 heterocycles. The summed E-state index contributed by atoms with van der Waals surface area (Å²) in [7, 11) is 3.61. The monoisotopic (exact) mass is 215 g/mol. The van der Waals surface area contributed by atoms with Crippen molar-refractivity contribution >= 4 is 5.91 Å². The zero-order valence-corrected chi connectivity index (χ0v) is 9.58. The molecule has 0 saturated carbocycles. The lowest BCUT2D eigenvalue weighted by Crippen LogP contribution is -2.53. The summed E-state index contributed by atoms with van der Waals surface area (Å²) >= 11 is 0. The van der Waals surface area contributed by atoms with Crippen molar-refractivity contribution in [1.82, 2.24) is 15.5 Å². The maximum Gasteiger partial charge on any atom is 0.239 e. The van der Waals surface area contributed by atoms with Crippen LogP contribution in [0.1, 0.15) is 6.42 Å². The lowest BCUT2D eigenvalue weighted by atomic mass is 10.2. The van der Waals surface area contributed by atoms with Crippen LogP contribution in [0.4, 0.5) is 0 Å². The molecule has 15 heavy (non-hydrogen) atoms. The summed E-state index contributed by atoms with van der Waals surface area (Å²) in [5.41, 5.74) is 0. The Morgan fingerprint density at radius 2 is 2.33 bits per heavy atom. The van der Waals surface area contributed by atoms with E-state index in [4.69, 9.17) is 4.74 Å². The van der Waals surface area contributed by atoms with Crippen molar-refractivity contribution in [3.63, 3.8) is 0 Å². The van der Waals surface area contributed by atoms with Crippen molar-refractivity contribution < 1.29 is 9.53 Å². The second-order valence-corrected chi connectivity index (χ2v) is 3.70. The first-order valence-electron chi connectivity index (χ1n) is 5.47. The highest BCUT2D eigenvalue weighted by atomic mass is 16.5. The van der Waals surface area contributed by atoms with Gasteiger partial charge in [0, 0.05) is 20.1 Å². The molecule has 1 unspecified atom stereocenters. The van der Waals surface area contributed by atoms with Crippen LogP contribution in [0.5, 0.6) is 0 Å². The van der Waals surface area contributed by atoms with Gasteiger partial charge in [-0.1, -0.05) is 0 Å². The van der Waals surface area contributed by atoms with E-state index in [2.05, 4.69) is 15.5 Å². The number of hydrogen-bond donors (Lipinski definition) is 2. The number of carbonyl (C=O) groups is 1. The minimum absolute atomic E-state index is 0.0548. The number of carbonyl (C=O) groups excluding carboxylic acids is 1. The molecule has 1 aliphatic rings. The molecule has 0 bridgehead atoms. The first-order valence-corrected chi connectivity index (χ1v) is 5.47. The molecule has 0 aromatic carbocycles. The fourth-order valence-corrected chi connectivity index (χ4v) is 1.77. The van der Waals surface area contributed by atoms with Crippen LogP contribution in [0.15, 0.2) is 0 Å². The van der Waals surface area contributed by atoms with Crippen LogP contribution >= 0.6 is 0 Å². The van der Waals surface area contributed by atoms with Crippen LogP contribution in [-0.2, 0) is 9.53 Å². The molecule has 88 valence electrons. The predicted octanol–water partition coefficient (Wildman–Crippen LogP) is -0.957. The van der Waals surface area contributed by atoms with Gasteiger partial charge in [0.15, 0.2) is 0 Å². The smallest absolute Gasteiger partial charge is 0.239 e. The molecular weight excluding hydrogens is 194 g/mol. The van der Waals surface area contributed by atoms with Gasteiger partial charge >= 0.3 is 0 Å². The van der Waals surface area contributed by atoms with Gasteiger partial charge in [0.05, 0.1) is 13.2 Å². The van der Waals surface area contributed by atoms with Gasteiger partial charge in [-0.25, -0.2) is 0 Å². The van der Waals surface area contributed by atoms with Gasteiger partial charge in [-0.2, -0.15) is 0 Å². The standard InChI is InChI=1S/C10H21N3O2/c1-11-4-3-5-13-6-7-15-8-9(13)10(14)12-2/h9,11H,3-8H2,1-2H3,(H,12,14). The zero-order valence-electron chi connectivity index (χ0n) is 9.58. The molecule has 0 radical (unpaired) electrons. The van der Waals surface area contributed by atoms with Crippen LogP contribution in [0, 0.1) is 0 Å². The van der Waals surface area contributed by atoms with E-state index < -0.39 is 0 Å². The molecular formula is C10H21N3O2. The van der Waals surface area contributed by atoms with E-state index in [1.165, 1.54) is 0 Å². The van der Waals surface area contributed by atoms with E-state index >= 15 is 0 Å². The highest BCUT2D eigenvalue weighted by Crippen LogP contribution is 2.07. The molecule has 0 spiro atoms. The fourth-order valence-electron chi connectivity index (χ4n) is 1.77. The number of ether oxygens (including phenoxy) is 1. The third-order valence-corrected chi connectivity index (χ3v) is 2.66. The van der Waals surface area contributed by atoms with Crippen molar-refractivity contribution in [1.29, 1.82) is 0 Å². The topological polar surface area (TPSA) is 53.6 Å². The molecule has 5 nitrogen and oxygen atoms in total. The highest BCUT2D eigenvalue weighted by Gasteiger charge is 2.27. The molecule has 0 aromatic rings. The number of nitrogens with one attached hydrogen (secondary N) is 2. The fraction of sp³-hybridized carbons (Fsp3) is 0.900. The van der Waals surface area contributed by atoms with Crippen molar-refractivity contribution in [3.05, 3.63) is 0 Å². The highest BCUT2D eigenvalue weighted by molar-refractivity contribution is 5.81. The molecule has 1 amide bonds. The van der Waals surface area contributed by atoms with E-state index in [0.717, 1.165) is 32.7 Å². The maximum absolute atomic E-state index is 11.6. The number of hydrogen-bond acceptors (Lipinski definition) is 4. The first kappa shape index (κ1) is 12.4.